The Labute approximate surface area is 186 Å². The average molecular weight is 458 g/mol. The van der Waals surface area contributed by atoms with Crippen LogP contribution >= 0.6 is 11.6 Å². The quantitative estimate of drug-likeness (QED) is 0.651. The van der Waals surface area contributed by atoms with Gasteiger partial charge in [0.25, 0.3) is 0 Å². The van der Waals surface area contributed by atoms with E-state index in [0.717, 1.165) is 12.1 Å². The molecule has 0 bridgehead atoms. The van der Waals surface area contributed by atoms with Crippen LogP contribution in [-0.2, 0) is 4.79 Å². The SMILES string of the molecule is CN(C)C(=O)[C@H]1CCN(c2c(F)cc3[nH]c(-c4cc(C#N)ncc4Cl)cc(=O)c3c2F)C1. The summed E-state index contributed by atoms with van der Waals surface area (Å²) in [6.07, 6.45) is 1.73. The van der Waals surface area contributed by atoms with Gasteiger partial charge in [-0.1, -0.05) is 11.6 Å². The lowest BCUT2D eigenvalue weighted by molar-refractivity contribution is -0.132. The molecule has 10 heteroatoms. The normalized spacial score (nSPS) is 15.8. The Balaban J connectivity index is 1.80. The maximum atomic E-state index is 15.4. The van der Waals surface area contributed by atoms with Crippen molar-refractivity contribution in [2.24, 2.45) is 5.92 Å². The van der Waals surface area contributed by atoms with Crippen molar-refractivity contribution in [2.45, 2.75) is 6.42 Å². The van der Waals surface area contributed by atoms with Gasteiger partial charge < -0.3 is 14.8 Å². The molecule has 1 aliphatic rings. The van der Waals surface area contributed by atoms with Gasteiger partial charge in [0.1, 0.15) is 17.5 Å². The molecule has 0 radical (unpaired) electrons. The van der Waals surface area contributed by atoms with Crippen LogP contribution in [0, 0.1) is 28.9 Å². The van der Waals surface area contributed by atoms with Gasteiger partial charge in [-0.15, -0.1) is 0 Å². The Bertz CT molecular complexity index is 1350. The van der Waals surface area contributed by atoms with Gasteiger partial charge in [-0.2, -0.15) is 5.26 Å². The molecule has 0 saturated carbocycles. The predicted molar refractivity (Wildman–Crippen MR) is 116 cm³/mol. The van der Waals surface area contributed by atoms with E-state index in [9.17, 15) is 9.59 Å². The van der Waals surface area contributed by atoms with Gasteiger partial charge in [-0.05, 0) is 12.5 Å². The Hall–Kier alpha value is -3.51. The number of H-pyrrole nitrogens is 1. The smallest absolute Gasteiger partial charge is 0.227 e. The number of nitriles is 1. The highest BCUT2D eigenvalue weighted by Crippen LogP contribution is 2.34. The molecule has 7 nitrogen and oxygen atoms in total. The molecular weight excluding hydrogens is 440 g/mol. The number of rotatable bonds is 3. The number of hydrogen-bond acceptors (Lipinski definition) is 5. The summed E-state index contributed by atoms with van der Waals surface area (Å²) in [5.41, 5.74) is -0.438. The lowest BCUT2D eigenvalue weighted by Gasteiger charge is -2.22. The van der Waals surface area contributed by atoms with Crippen molar-refractivity contribution in [1.29, 1.82) is 5.26 Å². The van der Waals surface area contributed by atoms with Crippen molar-refractivity contribution in [3.63, 3.8) is 0 Å². The first-order valence-electron chi connectivity index (χ1n) is 9.78. The highest BCUT2D eigenvalue weighted by Gasteiger charge is 2.33. The number of carbonyl (C=O) groups is 1. The van der Waals surface area contributed by atoms with Gasteiger partial charge in [0, 0.05) is 51.1 Å². The minimum absolute atomic E-state index is 0.0437. The molecular formula is C22H18ClF2N5O2. The molecule has 1 aliphatic heterocycles. The summed E-state index contributed by atoms with van der Waals surface area (Å²) in [6.45, 7) is 0.457. The van der Waals surface area contributed by atoms with Crippen LogP contribution in [0.15, 0.2) is 29.2 Å². The summed E-state index contributed by atoms with van der Waals surface area (Å²) in [5, 5.41) is 8.94. The van der Waals surface area contributed by atoms with Crippen molar-refractivity contribution in [2.75, 3.05) is 32.1 Å². The summed E-state index contributed by atoms with van der Waals surface area (Å²) < 4.78 is 30.4. The molecule has 3 heterocycles. The fourth-order valence-corrected chi connectivity index (χ4v) is 4.21. The molecule has 1 aromatic carbocycles. The van der Waals surface area contributed by atoms with Crippen LogP contribution in [0.4, 0.5) is 14.5 Å². The summed E-state index contributed by atoms with van der Waals surface area (Å²) in [5.74, 6) is -2.31. The molecule has 0 spiro atoms. The number of nitrogens with zero attached hydrogens (tertiary/aromatic N) is 4. The van der Waals surface area contributed by atoms with Gasteiger partial charge >= 0.3 is 0 Å². The molecule has 4 rings (SSSR count). The molecule has 1 fully saturated rings. The molecule has 0 aliphatic carbocycles. The Kier molecular flexibility index (Phi) is 5.57. The number of amides is 1. The number of hydrogen-bond donors (Lipinski definition) is 1. The zero-order valence-corrected chi connectivity index (χ0v) is 18.0. The summed E-state index contributed by atoms with van der Waals surface area (Å²) in [4.78, 5) is 34.6. The van der Waals surface area contributed by atoms with E-state index in [1.807, 2.05) is 6.07 Å². The number of fused-ring (bicyclic) bond motifs is 1. The Morgan fingerprint density at radius 3 is 2.78 bits per heavy atom. The summed E-state index contributed by atoms with van der Waals surface area (Å²) in [7, 11) is 3.27. The molecule has 1 N–H and O–H groups in total. The van der Waals surface area contributed by atoms with Crippen LogP contribution in [-0.4, -0.2) is 48.0 Å². The number of benzene rings is 1. The fraction of sp³-hybridized carbons (Fsp3) is 0.273. The van der Waals surface area contributed by atoms with E-state index in [1.165, 1.54) is 22.1 Å². The lowest BCUT2D eigenvalue weighted by Crippen LogP contribution is -2.32. The molecule has 3 aromatic rings. The Morgan fingerprint density at radius 1 is 1.34 bits per heavy atom. The zero-order chi connectivity index (χ0) is 23.2. The second-order valence-corrected chi connectivity index (χ2v) is 8.22. The van der Waals surface area contributed by atoms with Crippen LogP contribution in [0.1, 0.15) is 12.1 Å². The third kappa shape index (κ3) is 3.67. The molecule has 1 amide bonds. The summed E-state index contributed by atoms with van der Waals surface area (Å²) >= 11 is 6.15. The number of halogens is 3. The van der Waals surface area contributed by atoms with Gasteiger partial charge in [0.15, 0.2) is 17.1 Å². The number of carbonyl (C=O) groups excluding carboxylic acids is 1. The molecule has 1 atom stereocenters. The van der Waals surface area contributed by atoms with E-state index < -0.39 is 17.1 Å². The van der Waals surface area contributed by atoms with Crippen molar-refractivity contribution in [1.82, 2.24) is 14.9 Å². The maximum Gasteiger partial charge on any atom is 0.227 e. The van der Waals surface area contributed by atoms with Crippen molar-refractivity contribution < 1.29 is 13.6 Å². The van der Waals surface area contributed by atoms with Crippen LogP contribution in [0.2, 0.25) is 5.02 Å². The average Bonchev–Trinajstić information content (AvgIpc) is 3.22. The predicted octanol–water partition coefficient (Wildman–Crippen LogP) is 3.31. The number of aromatic amines is 1. The second-order valence-electron chi connectivity index (χ2n) is 7.82. The van der Waals surface area contributed by atoms with E-state index in [1.54, 1.807) is 14.1 Å². The monoisotopic (exact) mass is 457 g/mol. The van der Waals surface area contributed by atoms with Crippen molar-refractivity contribution >= 4 is 34.1 Å². The highest BCUT2D eigenvalue weighted by molar-refractivity contribution is 6.33. The van der Waals surface area contributed by atoms with Crippen molar-refractivity contribution in [3.05, 3.63) is 57.0 Å². The first-order valence-corrected chi connectivity index (χ1v) is 10.2. The van der Waals surface area contributed by atoms with Crippen LogP contribution in [0.5, 0.6) is 0 Å². The first kappa shape index (κ1) is 21.7. The second kappa shape index (κ2) is 8.20. The van der Waals surface area contributed by atoms with E-state index >= 15 is 8.78 Å². The molecule has 164 valence electrons. The van der Waals surface area contributed by atoms with Gasteiger partial charge in [0.05, 0.1) is 27.5 Å². The first-order chi connectivity index (χ1) is 15.2. The highest BCUT2D eigenvalue weighted by atomic mass is 35.5. The van der Waals surface area contributed by atoms with E-state index in [-0.39, 0.29) is 51.4 Å². The molecule has 0 unspecified atom stereocenters. The lowest BCUT2D eigenvalue weighted by atomic mass is 10.1. The number of aromatic nitrogens is 2. The summed E-state index contributed by atoms with van der Waals surface area (Å²) in [6, 6.07) is 5.46. The van der Waals surface area contributed by atoms with Crippen LogP contribution in [0.25, 0.3) is 22.2 Å². The van der Waals surface area contributed by atoms with Crippen LogP contribution in [0.3, 0.4) is 0 Å². The van der Waals surface area contributed by atoms with Gasteiger partial charge in [-0.3, -0.25) is 9.59 Å². The van der Waals surface area contributed by atoms with E-state index in [2.05, 4.69) is 9.97 Å². The van der Waals surface area contributed by atoms with Gasteiger partial charge in [-0.25, -0.2) is 13.8 Å². The van der Waals surface area contributed by atoms with Crippen LogP contribution < -0.4 is 10.3 Å². The minimum Gasteiger partial charge on any atom is -0.366 e. The van der Waals surface area contributed by atoms with Crippen molar-refractivity contribution in [3.8, 4) is 17.3 Å². The number of pyridine rings is 2. The van der Waals surface area contributed by atoms with E-state index in [0.29, 0.717) is 18.5 Å². The molecule has 2 aromatic heterocycles. The molecule has 1 saturated heterocycles. The topological polar surface area (TPSA) is 93.1 Å². The fourth-order valence-electron chi connectivity index (χ4n) is 4.00. The largest absolute Gasteiger partial charge is 0.366 e. The number of nitrogens with one attached hydrogen (secondary N) is 1. The van der Waals surface area contributed by atoms with E-state index in [4.69, 9.17) is 16.9 Å². The zero-order valence-electron chi connectivity index (χ0n) is 17.2. The maximum absolute atomic E-state index is 15.4. The third-order valence-electron chi connectivity index (χ3n) is 5.54. The minimum atomic E-state index is -0.982. The third-order valence-corrected chi connectivity index (χ3v) is 5.84. The molecule has 32 heavy (non-hydrogen) atoms. The Morgan fingerprint density at radius 2 is 2.09 bits per heavy atom. The number of anilines is 1. The van der Waals surface area contributed by atoms with Gasteiger partial charge in [0.2, 0.25) is 5.91 Å². The standard InChI is InChI=1S/C22H18ClF2N5O2/c1-29(2)22(32)11-3-4-30(10-11)21-15(24)6-17-19(20(21)25)18(31)7-16(28-17)13-5-12(8-26)27-9-14(13)23/h5-7,9,11H,3-4,10H2,1-2H3,(H,28,31)/t11-/m0/s1.